The average Bonchev–Trinajstić information content (AvgIpc) is 0.722. The lowest BCUT2D eigenvalue weighted by Crippen LogP contribution is -2.36. The van der Waals surface area contributed by atoms with E-state index in [1.807, 2.05) is 0 Å². The van der Waals surface area contributed by atoms with E-state index in [1.165, 1.54) is 21.0 Å². The van der Waals surface area contributed by atoms with Crippen molar-refractivity contribution in [2.24, 2.45) is 0 Å². The molecule has 0 aromatic heterocycles. The summed E-state index contributed by atoms with van der Waals surface area (Å²) >= 11 is 0. The minimum atomic E-state index is 1.25. The molecule has 20 valence electrons. The zero-order chi connectivity index (χ0) is 2.83. The molecule has 0 aromatic carbocycles. The lowest BCUT2D eigenvalue weighted by Gasteiger charge is -2.05. The highest BCUT2D eigenvalue weighted by Gasteiger charge is 1.99. The second kappa shape index (κ2) is 0.807. The lowest BCUT2D eigenvalue weighted by atomic mass is 9.55. The molecule has 0 aliphatic carbocycles. The van der Waals surface area contributed by atoms with Gasteiger partial charge >= 0.3 is 0 Å². The van der Waals surface area contributed by atoms with Gasteiger partial charge in [0.15, 0.2) is 14.8 Å². The van der Waals surface area contributed by atoms with E-state index in [4.69, 9.17) is 0 Å². The largest absolute Gasteiger partial charge is 0.405 e. The molecule has 1 rings (SSSR count). The first-order chi connectivity index (χ1) is 2.00. The Morgan fingerprint density at radius 3 is 1.75 bits per heavy atom. The Kier molecular flexibility index (Phi) is 0.471. The average molecular weight is 52.7 g/mol. The van der Waals surface area contributed by atoms with Gasteiger partial charge in [0.25, 0.3) is 0 Å². The first-order valence-corrected chi connectivity index (χ1v) is 1.71. The highest BCUT2D eigenvalue weighted by atomic mass is 14.7. The summed E-state index contributed by atoms with van der Waals surface area (Å²) in [7, 11) is 2.50. The second-order valence-corrected chi connectivity index (χ2v) is 1.10. The molecule has 3 heteroatoms. The summed E-state index contributed by atoms with van der Waals surface area (Å²) in [6.45, 7) is 0. The number of hydrogen-bond acceptors (Lipinski definition) is 1. The fraction of sp³-hybridized carbons (Fsp3) is 1.00. The molecule has 1 heterocycles. The second-order valence-electron chi connectivity index (χ2n) is 1.10. The Hall–Kier alpha value is 0.0899. The standard InChI is InChI=1S/CH5B2N/c1-2-4-3-1/h2-4H,1H2. The van der Waals surface area contributed by atoms with Gasteiger partial charge in [0.2, 0.25) is 0 Å². The smallest absolute Gasteiger partial charge is 0.183 e. The van der Waals surface area contributed by atoms with E-state index < -0.39 is 0 Å². The van der Waals surface area contributed by atoms with Gasteiger partial charge in [-0.25, -0.2) is 0 Å². The molecule has 0 spiro atoms. The summed E-state index contributed by atoms with van der Waals surface area (Å²) in [4.78, 5) is 0. The van der Waals surface area contributed by atoms with Crippen molar-refractivity contribution in [1.82, 2.24) is 5.14 Å². The van der Waals surface area contributed by atoms with E-state index in [0.29, 0.717) is 0 Å². The molecule has 0 atom stereocenters. The van der Waals surface area contributed by atoms with Crippen LogP contribution in [0.3, 0.4) is 0 Å². The number of nitrogens with one attached hydrogen (secondary N) is 1. The quantitative estimate of drug-likeness (QED) is 0.337. The predicted molar refractivity (Wildman–Crippen MR) is 22.2 cm³/mol. The Labute approximate surface area is 27.3 Å². The molecular weight excluding hydrogens is 47.6 g/mol. The molecule has 0 radical (unpaired) electrons. The highest BCUT2D eigenvalue weighted by molar-refractivity contribution is 6.70. The van der Waals surface area contributed by atoms with Crippen molar-refractivity contribution in [3.8, 4) is 0 Å². The van der Waals surface area contributed by atoms with Crippen molar-refractivity contribution in [2.45, 2.75) is 6.22 Å². The van der Waals surface area contributed by atoms with Gasteiger partial charge in [-0.05, 0) is 0 Å². The van der Waals surface area contributed by atoms with E-state index in [0.717, 1.165) is 0 Å². The molecule has 1 nitrogen and oxygen atoms in total. The van der Waals surface area contributed by atoms with Crippen LogP contribution in [0.2, 0.25) is 6.22 Å². The third-order valence-electron chi connectivity index (χ3n) is 0.707. The van der Waals surface area contributed by atoms with Crippen LogP contribution in [0.1, 0.15) is 0 Å². The molecular formula is CH5B2N. The van der Waals surface area contributed by atoms with Crippen LogP contribution in [0.25, 0.3) is 0 Å². The van der Waals surface area contributed by atoms with Crippen LogP contribution in [-0.4, -0.2) is 14.8 Å². The molecule has 4 heavy (non-hydrogen) atoms. The summed E-state index contributed by atoms with van der Waals surface area (Å²) in [5, 5.41) is 3.11. The minimum absolute atomic E-state index is 1.25. The monoisotopic (exact) mass is 53.1 g/mol. The molecule has 1 N–H and O–H groups in total. The van der Waals surface area contributed by atoms with Gasteiger partial charge in [-0.3, -0.25) is 0 Å². The maximum absolute atomic E-state index is 3.11. The first-order valence-electron chi connectivity index (χ1n) is 1.71. The van der Waals surface area contributed by atoms with Crippen LogP contribution in [0.5, 0.6) is 0 Å². The SMILES string of the molecule is B1CBN1. The Balaban J connectivity index is 2.00. The fourth-order valence-electron chi connectivity index (χ4n) is 0.177. The maximum atomic E-state index is 3.11. The molecule has 0 saturated carbocycles. The van der Waals surface area contributed by atoms with Crippen molar-refractivity contribution in [2.75, 3.05) is 0 Å². The van der Waals surface area contributed by atoms with Gasteiger partial charge in [-0.1, -0.05) is 6.22 Å². The van der Waals surface area contributed by atoms with Crippen LogP contribution in [0, 0.1) is 0 Å². The zero-order valence-corrected chi connectivity index (χ0v) is 2.62. The fourth-order valence-corrected chi connectivity index (χ4v) is 0.177. The van der Waals surface area contributed by atoms with E-state index in [1.54, 1.807) is 0 Å². The van der Waals surface area contributed by atoms with E-state index >= 15 is 0 Å². The van der Waals surface area contributed by atoms with Crippen molar-refractivity contribution in [3.05, 3.63) is 0 Å². The topological polar surface area (TPSA) is 12.0 Å². The van der Waals surface area contributed by atoms with Crippen molar-refractivity contribution in [1.29, 1.82) is 0 Å². The van der Waals surface area contributed by atoms with Crippen LogP contribution in [0.15, 0.2) is 0 Å². The van der Waals surface area contributed by atoms with Gasteiger partial charge in [-0.15, -0.1) is 0 Å². The van der Waals surface area contributed by atoms with Crippen LogP contribution >= 0.6 is 0 Å². The molecule has 1 saturated heterocycles. The zero-order valence-electron chi connectivity index (χ0n) is 2.62. The van der Waals surface area contributed by atoms with Crippen molar-refractivity contribution in [3.63, 3.8) is 0 Å². The molecule has 0 unspecified atom stereocenters. The molecule has 0 amide bonds. The molecule has 1 aliphatic rings. The minimum Gasteiger partial charge on any atom is -0.405 e. The van der Waals surface area contributed by atoms with E-state index in [-0.39, 0.29) is 0 Å². The van der Waals surface area contributed by atoms with Crippen LogP contribution < -0.4 is 5.14 Å². The molecule has 1 aliphatic heterocycles. The summed E-state index contributed by atoms with van der Waals surface area (Å²) in [6, 6.07) is 0. The van der Waals surface area contributed by atoms with Gasteiger partial charge in [0.05, 0.1) is 0 Å². The Bertz CT molecular complexity index is 14.0. The summed E-state index contributed by atoms with van der Waals surface area (Å²) in [5.41, 5.74) is 0. The molecule has 0 bridgehead atoms. The summed E-state index contributed by atoms with van der Waals surface area (Å²) in [5.74, 6) is 0. The van der Waals surface area contributed by atoms with E-state index in [9.17, 15) is 0 Å². The van der Waals surface area contributed by atoms with Gasteiger partial charge in [-0.2, -0.15) is 0 Å². The van der Waals surface area contributed by atoms with Gasteiger partial charge in [0.1, 0.15) is 0 Å². The molecule has 1 fully saturated rings. The Morgan fingerprint density at radius 2 is 1.75 bits per heavy atom. The Morgan fingerprint density at radius 1 is 1.50 bits per heavy atom. The van der Waals surface area contributed by atoms with Gasteiger partial charge < -0.3 is 5.14 Å². The number of hydrogen-bond donors (Lipinski definition) is 1. The highest BCUT2D eigenvalue weighted by Crippen LogP contribution is 1.74. The lowest BCUT2D eigenvalue weighted by molar-refractivity contribution is 1.44. The molecule has 0 aromatic rings. The van der Waals surface area contributed by atoms with Crippen LogP contribution in [0.4, 0.5) is 0 Å². The maximum Gasteiger partial charge on any atom is 0.183 e. The van der Waals surface area contributed by atoms with Crippen molar-refractivity contribution < 1.29 is 0 Å². The normalized spacial score (nSPS) is 20.0. The number of rotatable bonds is 0. The van der Waals surface area contributed by atoms with Gasteiger partial charge in [0, 0.05) is 0 Å². The predicted octanol–water partition coefficient (Wildman–Crippen LogP) is -1.33. The van der Waals surface area contributed by atoms with Crippen LogP contribution in [-0.2, 0) is 0 Å². The third-order valence-corrected chi connectivity index (χ3v) is 0.707. The van der Waals surface area contributed by atoms with E-state index in [2.05, 4.69) is 5.14 Å². The third kappa shape index (κ3) is 0.148. The summed E-state index contributed by atoms with van der Waals surface area (Å²) < 4.78 is 0. The summed E-state index contributed by atoms with van der Waals surface area (Å²) in [6.07, 6.45) is 1.39. The first kappa shape index (κ1) is 2.33. The van der Waals surface area contributed by atoms with Crippen molar-refractivity contribution >= 4 is 14.8 Å².